The van der Waals surface area contributed by atoms with Gasteiger partial charge in [0.1, 0.15) is 5.75 Å². The zero-order valence-corrected chi connectivity index (χ0v) is 15.5. The number of hydrogen-bond donors (Lipinski definition) is 3. The third-order valence-corrected chi connectivity index (χ3v) is 3.87. The maximum absolute atomic E-state index is 11.9. The number of hydrogen-bond acceptors (Lipinski definition) is 4. The van der Waals surface area contributed by atoms with Gasteiger partial charge in [-0.15, -0.1) is 0 Å². The topological polar surface area (TPSA) is 90.8 Å². The van der Waals surface area contributed by atoms with Crippen molar-refractivity contribution in [2.45, 2.75) is 0 Å². The maximum atomic E-state index is 11.9. The number of hydrazone groups is 1. The molecule has 2 aromatic rings. The quantitative estimate of drug-likeness (QED) is 0.479. The van der Waals surface area contributed by atoms with E-state index in [4.69, 9.17) is 0 Å². The Morgan fingerprint density at radius 3 is 2.62 bits per heavy atom. The molecule has 8 heteroatoms. The van der Waals surface area contributed by atoms with Crippen LogP contribution in [0, 0.1) is 0 Å². The average Bonchev–Trinajstić information content (AvgIpc) is 2.56. The molecule has 0 spiro atoms. The molecule has 0 aliphatic heterocycles. The summed E-state index contributed by atoms with van der Waals surface area (Å²) in [6, 6.07) is 11.7. The van der Waals surface area contributed by atoms with Crippen LogP contribution in [-0.2, 0) is 4.79 Å². The third-order valence-electron chi connectivity index (χ3n) is 2.88. The van der Waals surface area contributed by atoms with E-state index in [9.17, 15) is 14.7 Å². The molecule has 124 valence electrons. The molecule has 0 radical (unpaired) electrons. The average molecular weight is 455 g/mol. The van der Waals surface area contributed by atoms with Gasteiger partial charge in [0.15, 0.2) is 0 Å². The minimum Gasteiger partial charge on any atom is -0.507 e. The van der Waals surface area contributed by atoms with Gasteiger partial charge in [-0.3, -0.25) is 9.59 Å². The fraction of sp³-hybridized carbons (Fsp3) is 0.0625. The highest BCUT2D eigenvalue weighted by atomic mass is 79.9. The Balaban J connectivity index is 1.84. The van der Waals surface area contributed by atoms with Crippen LogP contribution in [0.25, 0.3) is 0 Å². The highest BCUT2D eigenvalue weighted by molar-refractivity contribution is 9.10. The molecule has 6 nitrogen and oxygen atoms in total. The van der Waals surface area contributed by atoms with E-state index in [1.165, 1.54) is 12.3 Å². The molecule has 2 aromatic carbocycles. The second kappa shape index (κ2) is 8.60. The number of nitrogens with zero attached hydrogens (tertiary/aromatic N) is 1. The number of rotatable bonds is 5. The van der Waals surface area contributed by atoms with Crippen LogP contribution in [0.4, 0.5) is 0 Å². The van der Waals surface area contributed by atoms with Crippen molar-refractivity contribution in [2.75, 3.05) is 6.54 Å². The van der Waals surface area contributed by atoms with E-state index < -0.39 is 5.91 Å². The summed E-state index contributed by atoms with van der Waals surface area (Å²) >= 11 is 6.55. The van der Waals surface area contributed by atoms with E-state index >= 15 is 0 Å². The molecular weight excluding hydrogens is 442 g/mol. The first-order valence-electron chi connectivity index (χ1n) is 6.80. The van der Waals surface area contributed by atoms with E-state index in [-0.39, 0.29) is 18.2 Å². The molecule has 3 N–H and O–H groups in total. The smallest absolute Gasteiger partial charge is 0.259 e. The minimum atomic E-state index is -0.482. The van der Waals surface area contributed by atoms with Gasteiger partial charge in [-0.2, -0.15) is 5.10 Å². The zero-order chi connectivity index (χ0) is 17.5. The fourth-order valence-electron chi connectivity index (χ4n) is 1.73. The lowest BCUT2D eigenvalue weighted by Crippen LogP contribution is -2.34. The van der Waals surface area contributed by atoms with Crippen LogP contribution < -0.4 is 10.7 Å². The Morgan fingerprint density at radius 2 is 1.88 bits per heavy atom. The highest BCUT2D eigenvalue weighted by Crippen LogP contribution is 2.19. The zero-order valence-electron chi connectivity index (χ0n) is 12.3. The van der Waals surface area contributed by atoms with Gasteiger partial charge in [0.05, 0.1) is 12.8 Å². The van der Waals surface area contributed by atoms with Crippen LogP contribution in [0.5, 0.6) is 5.75 Å². The normalized spacial score (nSPS) is 10.6. The van der Waals surface area contributed by atoms with Gasteiger partial charge in [0.2, 0.25) is 0 Å². The van der Waals surface area contributed by atoms with Crippen molar-refractivity contribution in [3.05, 3.63) is 62.5 Å². The summed E-state index contributed by atoms with van der Waals surface area (Å²) in [6.07, 6.45) is 1.31. The van der Waals surface area contributed by atoms with Crippen LogP contribution in [0.2, 0.25) is 0 Å². The Bertz CT molecular complexity index is 794. The molecule has 0 heterocycles. The second-order valence-corrected chi connectivity index (χ2v) is 6.52. The van der Waals surface area contributed by atoms with E-state index in [2.05, 4.69) is 47.7 Å². The molecule has 2 amide bonds. The van der Waals surface area contributed by atoms with Crippen LogP contribution in [0.1, 0.15) is 15.9 Å². The summed E-state index contributed by atoms with van der Waals surface area (Å²) in [5.41, 5.74) is 3.17. The number of halogens is 2. The number of phenols is 1. The lowest BCUT2D eigenvalue weighted by Gasteiger charge is -2.04. The van der Waals surface area contributed by atoms with Crippen molar-refractivity contribution in [2.24, 2.45) is 5.10 Å². The number of aromatic hydroxyl groups is 1. The Kier molecular flexibility index (Phi) is 6.51. The molecule has 0 atom stereocenters. The van der Waals surface area contributed by atoms with Gasteiger partial charge >= 0.3 is 0 Å². The first kappa shape index (κ1) is 18.2. The second-order valence-electron chi connectivity index (χ2n) is 4.69. The van der Waals surface area contributed by atoms with Gasteiger partial charge in [-0.25, -0.2) is 5.43 Å². The van der Waals surface area contributed by atoms with E-state index in [0.717, 1.165) is 8.95 Å². The molecule has 2 rings (SSSR count). The van der Waals surface area contributed by atoms with Crippen molar-refractivity contribution in [1.82, 2.24) is 10.7 Å². The molecule has 0 unspecified atom stereocenters. The van der Waals surface area contributed by atoms with E-state index in [1.807, 2.05) is 0 Å². The fourth-order valence-corrected chi connectivity index (χ4v) is 2.51. The van der Waals surface area contributed by atoms with Crippen molar-refractivity contribution in [3.8, 4) is 5.75 Å². The van der Waals surface area contributed by atoms with Crippen molar-refractivity contribution >= 4 is 49.9 Å². The van der Waals surface area contributed by atoms with Crippen LogP contribution >= 0.6 is 31.9 Å². The largest absolute Gasteiger partial charge is 0.507 e. The Morgan fingerprint density at radius 1 is 1.12 bits per heavy atom. The summed E-state index contributed by atoms with van der Waals surface area (Å²) in [5.74, 6) is -0.802. The van der Waals surface area contributed by atoms with Gasteiger partial charge < -0.3 is 10.4 Å². The molecule has 0 saturated heterocycles. The number of benzene rings is 2. The van der Waals surface area contributed by atoms with Gasteiger partial charge in [-0.1, -0.05) is 37.9 Å². The first-order chi connectivity index (χ1) is 11.5. The van der Waals surface area contributed by atoms with E-state index in [0.29, 0.717) is 11.1 Å². The SMILES string of the molecule is O=C(CNC(=O)c1cccc(Br)c1)NN=Cc1cc(Br)ccc1O. The van der Waals surface area contributed by atoms with Crippen molar-refractivity contribution < 1.29 is 14.7 Å². The molecular formula is C16H13Br2N3O3. The molecule has 0 saturated carbocycles. The number of carbonyl (C=O) groups is 2. The van der Waals surface area contributed by atoms with Gasteiger partial charge in [0, 0.05) is 20.1 Å². The predicted octanol–water partition coefficient (Wildman–Crippen LogP) is 2.80. The summed E-state index contributed by atoms with van der Waals surface area (Å²) in [6.45, 7) is -0.215. The number of carbonyl (C=O) groups excluding carboxylic acids is 2. The lowest BCUT2D eigenvalue weighted by molar-refractivity contribution is -0.120. The third kappa shape index (κ3) is 5.47. The molecule has 0 aliphatic rings. The molecule has 0 aromatic heterocycles. The summed E-state index contributed by atoms with van der Waals surface area (Å²) < 4.78 is 1.55. The molecule has 0 bridgehead atoms. The minimum absolute atomic E-state index is 0.0409. The standard InChI is InChI=1S/C16H13Br2N3O3/c17-12-3-1-2-10(6-12)16(24)19-9-15(23)21-20-8-11-7-13(18)4-5-14(11)22/h1-8,22H,9H2,(H,19,24)(H,21,23). The molecule has 24 heavy (non-hydrogen) atoms. The highest BCUT2D eigenvalue weighted by Gasteiger charge is 2.07. The summed E-state index contributed by atoms with van der Waals surface area (Å²) in [7, 11) is 0. The first-order valence-corrected chi connectivity index (χ1v) is 8.38. The maximum Gasteiger partial charge on any atom is 0.259 e. The number of phenolic OH excluding ortho intramolecular Hbond substituents is 1. The van der Waals surface area contributed by atoms with Gasteiger partial charge in [-0.05, 0) is 36.4 Å². The van der Waals surface area contributed by atoms with Crippen molar-refractivity contribution in [1.29, 1.82) is 0 Å². The van der Waals surface area contributed by atoms with Crippen LogP contribution in [0.3, 0.4) is 0 Å². The number of nitrogens with one attached hydrogen (secondary N) is 2. The van der Waals surface area contributed by atoms with Crippen LogP contribution in [0.15, 0.2) is 56.5 Å². The van der Waals surface area contributed by atoms with Crippen LogP contribution in [-0.4, -0.2) is 29.7 Å². The number of amides is 2. The monoisotopic (exact) mass is 453 g/mol. The van der Waals surface area contributed by atoms with Crippen molar-refractivity contribution in [3.63, 3.8) is 0 Å². The lowest BCUT2D eigenvalue weighted by atomic mass is 10.2. The molecule has 0 fully saturated rings. The Labute approximate surface area is 155 Å². The summed E-state index contributed by atoms with van der Waals surface area (Å²) in [5, 5.41) is 15.9. The summed E-state index contributed by atoms with van der Waals surface area (Å²) in [4.78, 5) is 23.6. The Hall–Kier alpha value is -2.19. The molecule has 0 aliphatic carbocycles. The predicted molar refractivity (Wildman–Crippen MR) is 98.0 cm³/mol. The van der Waals surface area contributed by atoms with Gasteiger partial charge in [0.25, 0.3) is 11.8 Å². The van der Waals surface area contributed by atoms with E-state index in [1.54, 1.807) is 36.4 Å².